The molecule has 0 spiro atoms. The molecule has 0 aliphatic carbocycles. The number of nitrogens with zero attached hydrogens (tertiary/aromatic N) is 1. The van der Waals surface area contributed by atoms with E-state index in [2.05, 4.69) is 5.32 Å². The van der Waals surface area contributed by atoms with Crippen molar-refractivity contribution in [2.45, 2.75) is 32.2 Å². The first kappa shape index (κ1) is 16.6. The van der Waals surface area contributed by atoms with Gasteiger partial charge in [-0.25, -0.2) is 0 Å². The summed E-state index contributed by atoms with van der Waals surface area (Å²) < 4.78 is 5.39. The molecule has 1 atom stereocenters. The largest absolute Gasteiger partial charge is 0.494 e. The van der Waals surface area contributed by atoms with Gasteiger partial charge in [0.2, 0.25) is 11.8 Å². The molecule has 0 radical (unpaired) electrons. The number of amides is 2. The van der Waals surface area contributed by atoms with E-state index in [9.17, 15) is 9.59 Å². The highest BCUT2D eigenvalue weighted by molar-refractivity contribution is 6.17. The second-order valence-electron chi connectivity index (χ2n) is 5.19. The molecule has 1 saturated heterocycles. The molecule has 1 N–H and O–H groups in total. The first-order valence-electron chi connectivity index (χ1n) is 7.52. The van der Waals surface area contributed by atoms with Crippen LogP contribution in [-0.4, -0.2) is 36.9 Å². The Morgan fingerprint density at radius 1 is 1.41 bits per heavy atom. The summed E-state index contributed by atoms with van der Waals surface area (Å²) in [6.07, 6.45) is 1.38. The van der Waals surface area contributed by atoms with Gasteiger partial charge in [0.05, 0.1) is 12.6 Å². The fourth-order valence-corrected chi connectivity index (χ4v) is 2.60. The van der Waals surface area contributed by atoms with Gasteiger partial charge in [-0.15, -0.1) is 11.6 Å². The van der Waals surface area contributed by atoms with E-state index in [1.165, 1.54) is 0 Å². The summed E-state index contributed by atoms with van der Waals surface area (Å²) in [4.78, 5) is 25.5. The van der Waals surface area contributed by atoms with Crippen LogP contribution in [0.1, 0.15) is 26.2 Å². The second kappa shape index (κ2) is 8.03. The molecule has 0 bridgehead atoms. The number of rotatable bonds is 7. The number of hydrogen-bond donors (Lipinski definition) is 1. The molecule has 1 aliphatic heterocycles. The summed E-state index contributed by atoms with van der Waals surface area (Å²) in [7, 11) is 0. The number of benzene rings is 1. The lowest BCUT2D eigenvalue weighted by Gasteiger charge is -2.17. The van der Waals surface area contributed by atoms with Crippen molar-refractivity contribution in [2.75, 3.05) is 23.9 Å². The molecule has 0 saturated carbocycles. The van der Waals surface area contributed by atoms with Crippen LogP contribution in [0.5, 0.6) is 5.75 Å². The molecular formula is C16H21ClN2O3. The monoisotopic (exact) mass is 324 g/mol. The van der Waals surface area contributed by atoms with Gasteiger partial charge >= 0.3 is 0 Å². The van der Waals surface area contributed by atoms with Gasteiger partial charge in [0.25, 0.3) is 0 Å². The lowest BCUT2D eigenvalue weighted by molar-refractivity contribution is -0.121. The lowest BCUT2D eigenvalue weighted by Crippen LogP contribution is -2.37. The summed E-state index contributed by atoms with van der Waals surface area (Å²) in [5.74, 6) is 1.22. The molecule has 2 amide bonds. The summed E-state index contributed by atoms with van der Waals surface area (Å²) in [5, 5.41) is 2.89. The van der Waals surface area contributed by atoms with Crippen molar-refractivity contribution in [2.24, 2.45) is 0 Å². The van der Waals surface area contributed by atoms with Crippen molar-refractivity contribution in [1.29, 1.82) is 0 Å². The molecule has 0 unspecified atom stereocenters. The standard InChI is InChI=1S/C16H21ClN2O3/c1-2-22-14-7-5-13(6-8-14)19-11-12(10-16(19)21)18-15(20)4-3-9-17/h5-8,12H,2-4,9-11H2,1H3,(H,18,20)/t12-/m0/s1. The van der Waals surface area contributed by atoms with Crippen LogP contribution >= 0.6 is 11.6 Å². The predicted molar refractivity (Wildman–Crippen MR) is 86.5 cm³/mol. The Hall–Kier alpha value is -1.75. The van der Waals surface area contributed by atoms with Gasteiger partial charge in [-0.05, 0) is 37.6 Å². The molecule has 120 valence electrons. The van der Waals surface area contributed by atoms with Crippen molar-refractivity contribution in [3.8, 4) is 5.75 Å². The molecule has 2 rings (SSSR count). The number of ether oxygens (including phenoxy) is 1. The fourth-order valence-electron chi connectivity index (χ4n) is 2.47. The maximum absolute atomic E-state index is 12.1. The van der Waals surface area contributed by atoms with Crippen molar-refractivity contribution in [3.05, 3.63) is 24.3 Å². The molecule has 5 nitrogen and oxygen atoms in total. The van der Waals surface area contributed by atoms with Gasteiger partial charge in [-0.3, -0.25) is 9.59 Å². The minimum atomic E-state index is -0.137. The Labute approximate surface area is 135 Å². The maximum atomic E-state index is 12.1. The summed E-state index contributed by atoms with van der Waals surface area (Å²) in [6, 6.07) is 7.28. The van der Waals surface area contributed by atoms with Crippen LogP contribution in [0.2, 0.25) is 0 Å². The number of nitrogens with one attached hydrogen (secondary N) is 1. The molecule has 1 heterocycles. The molecule has 1 aromatic carbocycles. The smallest absolute Gasteiger partial charge is 0.229 e. The zero-order valence-corrected chi connectivity index (χ0v) is 13.4. The van der Waals surface area contributed by atoms with Crippen LogP contribution in [0, 0.1) is 0 Å². The number of carbonyl (C=O) groups is 2. The minimum Gasteiger partial charge on any atom is -0.494 e. The van der Waals surface area contributed by atoms with E-state index in [-0.39, 0.29) is 17.9 Å². The maximum Gasteiger partial charge on any atom is 0.229 e. The molecule has 6 heteroatoms. The van der Waals surface area contributed by atoms with E-state index < -0.39 is 0 Å². The van der Waals surface area contributed by atoms with Crippen molar-refractivity contribution >= 4 is 29.1 Å². The highest BCUT2D eigenvalue weighted by Crippen LogP contribution is 2.24. The second-order valence-corrected chi connectivity index (χ2v) is 5.57. The van der Waals surface area contributed by atoms with Crippen molar-refractivity contribution in [3.63, 3.8) is 0 Å². The van der Waals surface area contributed by atoms with E-state index >= 15 is 0 Å². The Morgan fingerprint density at radius 3 is 2.77 bits per heavy atom. The number of hydrogen-bond acceptors (Lipinski definition) is 3. The van der Waals surface area contributed by atoms with E-state index in [1.807, 2.05) is 31.2 Å². The molecular weight excluding hydrogens is 304 g/mol. The summed E-state index contributed by atoms with van der Waals surface area (Å²) in [6.45, 7) is 3.03. The van der Waals surface area contributed by atoms with Crippen LogP contribution in [-0.2, 0) is 9.59 Å². The summed E-state index contributed by atoms with van der Waals surface area (Å²) >= 11 is 5.57. The van der Waals surface area contributed by atoms with Crippen LogP contribution in [0.25, 0.3) is 0 Å². The van der Waals surface area contributed by atoms with E-state index in [0.717, 1.165) is 11.4 Å². The van der Waals surface area contributed by atoms with Gasteiger partial charge < -0.3 is 15.0 Å². The van der Waals surface area contributed by atoms with Crippen LogP contribution in [0.15, 0.2) is 24.3 Å². The Morgan fingerprint density at radius 2 is 2.14 bits per heavy atom. The number of alkyl halides is 1. The first-order chi connectivity index (χ1) is 10.6. The van der Waals surface area contributed by atoms with E-state index in [0.29, 0.717) is 38.3 Å². The Kier molecular flexibility index (Phi) is 6.07. The zero-order chi connectivity index (χ0) is 15.9. The minimum absolute atomic E-state index is 0.0202. The zero-order valence-electron chi connectivity index (χ0n) is 12.7. The highest BCUT2D eigenvalue weighted by atomic mass is 35.5. The SMILES string of the molecule is CCOc1ccc(N2C[C@@H](NC(=O)CCCCl)CC2=O)cc1. The number of anilines is 1. The predicted octanol–water partition coefficient (Wildman–Crippen LogP) is 2.33. The fraction of sp³-hybridized carbons (Fsp3) is 0.500. The topological polar surface area (TPSA) is 58.6 Å². The Bertz CT molecular complexity index is 519. The van der Waals surface area contributed by atoms with Gasteiger partial charge in [0, 0.05) is 31.0 Å². The van der Waals surface area contributed by atoms with Crippen molar-refractivity contribution < 1.29 is 14.3 Å². The molecule has 1 fully saturated rings. The lowest BCUT2D eigenvalue weighted by atomic mass is 10.2. The molecule has 0 aromatic heterocycles. The van der Waals surface area contributed by atoms with Gasteiger partial charge in [-0.2, -0.15) is 0 Å². The van der Waals surface area contributed by atoms with Crippen LogP contribution in [0.4, 0.5) is 5.69 Å². The number of carbonyl (C=O) groups excluding carboxylic acids is 2. The van der Waals surface area contributed by atoms with Crippen LogP contribution < -0.4 is 15.0 Å². The third-order valence-electron chi connectivity index (χ3n) is 3.49. The average molecular weight is 325 g/mol. The van der Waals surface area contributed by atoms with E-state index in [4.69, 9.17) is 16.3 Å². The highest BCUT2D eigenvalue weighted by Gasteiger charge is 2.31. The van der Waals surface area contributed by atoms with Crippen LogP contribution in [0.3, 0.4) is 0 Å². The van der Waals surface area contributed by atoms with Gasteiger partial charge in [0.1, 0.15) is 5.75 Å². The molecule has 1 aromatic rings. The van der Waals surface area contributed by atoms with Crippen molar-refractivity contribution in [1.82, 2.24) is 5.32 Å². The summed E-state index contributed by atoms with van der Waals surface area (Å²) in [5.41, 5.74) is 0.825. The van der Waals surface area contributed by atoms with Gasteiger partial charge in [-0.1, -0.05) is 0 Å². The Balaban J connectivity index is 1.93. The third kappa shape index (κ3) is 4.37. The molecule has 1 aliphatic rings. The van der Waals surface area contributed by atoms with E-state index in [1.54, 1.807) is 4.90 Å². The third-order valence-corrected chi connectivity index (χ3v) is 3.75. The molecule has 22 heavy (non-hydrogen) atoms. The van der Waals surface area contributed by atoms with Gasteiger partial charge in [0.15, 0.2) is 0 Å². The normalized spacial score (nSPS) is 17.6. The quantitative estimate of drug-likeness (QED) is 0.783. The average Bonchev–Trinajstić information content (AvgIpc) is 2.87. The first-order valence-corrected chi connectivity index (χ1v) is 8.06. The number of halogens is 1.